The molecule has 0 atom stereocenters. The molecule has 14 heavy (non-hydrogen) atoms. The Kier molecular flexibility index (Phi) is 8.71. The van der Waals surface area contributed by atoms with Crippen LogP contribution in [0.15, 0.2) is 0 Å². The summed E-state index contributed by atoms with van der Waals surface area (Å²) in [6, 6.07) is 0. The van der Waals surface area contributed by atoms with Gasteiger partial charge in [-0.05, 0) is 24.2 Å². The molecule has 0 rings (SSSR count). The zero-order chi connectivity index (χ0) is 11.0. The summed E-state index contributed by atoms with van der Waals surface area (Å²) in [5.74, 6) is 0.798. The second-order valence-electron chi connectivity index (χ2n) is 4.82. The lowest BCUT2D eigenvalue weighted by atomic mass is 9.79. The smallest absolute Gasteiger partial charge is 0.00960 e. The summed E-state index contributed by atoms with van der Waals surface area (Å²) >= 11 is 7.37. The molecule has 2 heteroatoms. The highest BCUT2D eigenvalue weighted by Gasteiger charge is 2.27. The Hall–Kier alpha value is 0.960. The van der Waals surface area contributed by atoms with Crippen molar-refractivity contribution in [1.29, 1.82) is 0 Å². The molecule has 0 aromatic carbocycles. The molecule has 0 aliphatic heterocycles. The van der Waals surface area contributed by atoms with Crippen molar-refractivity contribution in [3.05, 3.63) is 0 Å². The lowest BCUT2D eigenvalue weighted by Crippen LogP contribution is -2.26. The van der Waals surface area contributed by atoms with Crippen LogP contribution >= 0.6 is 31.9 Å². The van der Waals surface area contributed by atoms with Crippen molar-refractivity contribution in [2.75, 3.05) is 10.7 Å². The number of hydrogen-bond acceptors (Lipinski definition) is 0. The van der Waals surface area contributed by atoms with Crippen molar-refractivity contribution in [3.8, 4) is 0 Å². The highest BCUT2D eigenvalue weighted by Crippen LogP contribution is 2.36. The standard InChI is InChI=1S/C12H24Br2/c1-4-5-6-7-12(9-13,10-14)8-11(2)3/h11H,4-10H2,1-3H3. The summed E-state index contributed by atoms with van der Waals surface area (Å²) in [7, 11) is 0. The van der Waals surface area contributed by atoms with Crippen LogP contribution in [0.2, 0.25) is 0 Å². The van der Waals surface area contributed by atoms with E-state index in [0.717, 1.165) is 16.6 Å². The fourth-order valence-corrected chi connectivity index (χ4v) is 3.94. The molecule has 0 spiro atoms. The molecular weight excluding hydrogens is 304 g/mol. The third kappa shape index (κ3) is 5.75. The van der Waals surface area contributed by atoms with E-state index in [0.29, 0.717) is 5.41 Å². The lowest BCUT2D eigenvalue weighted by molar-refractivity contribution is 0.275. The first-order chi connectivity index (χ1) is 6.60. The molecule has 0 aliphatic carbocycles. The van der Waals surface area contributed by atoms with Crippen molar-refractivity contribution in [2.45, 2.75) is 52.9 Å². The van der Waals surface area contributed by atoms with Crippen LogP contribution < -0.4 is 0 Å². The van der Waals surface area contributed by atoms with Gasteiger partial charge in [0.25, 0.3) is 0 Å². The van der Waals surface area contributed by atoms with Crippen LogP contribution in [0, 0.1) is 11.3 Å². The van der Waals surface area contributed by atoms with Gasteiger partial charge in [-0.25, -0.2) is 0 Å². The maximum Gasteiger partial charge on any atom is 0.00960 e. The van der Waals surface area contributed by atoms with Crippen LogP contribution in [-0.2, 0) is 0 Å². The number of alkyl halides is 2. The molecule has 0 aromatic heterocycles. The summed E-state index contributed by atoms with van der Waals surface area (Å²) in [5, 5.41) is 2.26. The van der Waals surface area contributed by atoms with Crippen molar-refractivity contribution >= 4 is 31.9 Å². The van der Waals surface area contributed by atoms with Gasteiger partial charge in [0.1, 0.15) is 0 Å². The molecule has 0 unspecified atom stereocenters. The third-order valence-electron chi connectivity index (χ3n) is 2.72. The lowest BCUT2D eigenvalue weighted by Gasteiger charge is -2.32. The van der Waals surface area contributed by atoms with Gasteiger partial charge in [-0.1, -0.05) is 71.9 Å². The first-order valence-corrected chi connectivity index (χ1v) is 7.96. The summed E-state index contributed by atoms with van der Waals surface area (Å²) in [5.41, 5.74) is 0.489. The Morgan fingerprint density at radius 3 is 2.00 bits per heavy atom. The first kappa shape index (κ1) is 15.0. The predicted molar refractivity (Wildman–Crippen MR) is 73.6 cm³/mol. The van der Waals surface area contributed by atoms with E-state index in [1.807, 2.05) is 0 Å². The Balaban J connectivity index is 4.07. The van der Waals surface area contributed by atoms with Crippen LogP contribution in [-0.4, -0.2) is 10.7 Å². The van der Waals surface area contributed by atoms with Gasteiger partial charge in [-0.15, -0.1) is 0 Å². The van der Waals surface area contributed by atoms with Gasteiger partial charge >= 0.3 is 0 Å². The minimum Gasteiger partial charge on any atom is -0.0922 e. The normalized spacial score (nSPS) is 12.4. The molecule has 0 saturated carbocycles. The molecule has 0 amide bonds. The number of hydrogen-bond donors (Lipinski definition) is 0. The second-order valence-corrected chi connectivity index (χ2v) is 5.94. The fraction of sp³-hybridized carbons (Fsp3) is 1.00. The van der Waals surface area contributed by atoms with E-state index in [1.165, 1.54) is 32.1 Å². The van der Waals surface area contributed by atoms with E-state index in [-0.39, 0.29) is 0 Å². The van der Waals surface area contributed by atoms with Crippen LogP contribution in [0.4, 0.5) is 0 Å². The average molecular weight is 328 g/mol. The minimum atomic E-state index is 0.489. The first-order valence-electron chi connectivity index (χ1n) is 5.72. The van der Waals surface area contributed by atoms with Gasteiger partial charge in [0, 0.05) is 10.7 Å². The average Bonchev–Trinajstić information content (AvgIpc) is 2.16. The topological polar surface area (TPSA) is 0 Å². The van der Waals surface area contributed by atoms with E-state index in [2.05, 4.69) is 52.6 Å². The van der Waals surface area contributed by atoms with Gasteiger partial charge in [-0.2, -0.15) is 0 Å². The van der Waals surface area contributed by atoms with Gasteiger partial charge in [-0.3, -0.25) is 0 Å². The summed E-state index contributed by atoms with van der Waals surface area (Å²) in [4.78, 5) is 0. The molecule has 0 N–H and O–H groups in total. The number of unbranched alkanes of at least 4 members (excludes halogenated alkanes) is 2. The molecule has 0 radical (unpaired) electrons. The van der Waals surface area contributed by atoms with E-state index in [4.69, 9.17) is 0 Å². The molecule has 0 saturated heterocycles. The molecule has 0 heterocycles. The van der Waals surface area contributed by atoms with Crippen molar-refractivity contribution < 1.29 is 0 Å². The van der Waals surface area contributed by atoms with Crippen molar-refractivity contribution in [2.24, 2.45) is 11.3 Å². The van der Waals surface area contributed by atoms with Crippen LogP contribution in [0.5, 0.6) is 0 Å². The maximum absolute atomic E-state index is 3.68. The van der Waals surface area contributed by atoms with Gasteiger partial charge in [0.2, 0.25) is 0 Å². The summed E-state index contributed by atoms with van der Waals surface area (Å²) in [6.45, 7) is 6.91. The van der Waals surface area contributed by atoms with Gasteiger partial charge in [0.15, 0.2) is 0 Å². The monoisotopic (exact) mass is 326 g/mol. The Labute approximate surface area is 106 Å². The van der Waals surface area contributed by atoms with Gasteiger partial charge in [0.05, 0.1) is 0 Å². The Morgan fingerprint density at radius 1 is 1.07 bits per heavy atom. The van der Waals surface area contributed by atoms with Crippen LogP contribution in [0.25, 0.3) is 0 Å². The summed E-state index contributed by atoms with van der Waals surface area (Å²) < 4.78 is 0. The highest BCUT2D eigenvalue weighted by molar-refractivity contribution is 9.09. The minimum absolute atomic E-state index is 0.489. The second kappa shape index (κ2) is 8.15. The largest absolute Gasteiger partial charge is 0.0922 e. The molecule has 0 aromatic rings. The van der Waals surface area contributed by atoms with Gasteiger partial charge < -0.3 is 0 Å². The van der Waals surface area contributed by atoms with E-state index >= 15 is 0 Å². The summed E-state index contributed by atoms with van der Waals surface area (Å²) in [6.07, 6.45) is 6.76. The quantitative estimate of drug-likeness (QED) is 0.414. The van der Waals surface area contributed by atoms with Crippen LogP contribution in [0.3, 0.4) is 0 Å². The fourth-order valence-electron chi connectivity index (χ4n) is 2.00. The SMILES string of the molecule is CCCCCC(CBr)(CBr)CC(C)C. The van der Waals surface area contributed by atoms with Crippen molar-refractivity contribution in [3.63, 3.8) is 0 Å². The number of halogens is 2. The molecule has 0 fully saturated rings. The number of rotatable bonds is 8. The van der Waals surface area contributed by atoms with Crippen molar-refractivity contribution in [1.82, 2.24) is 0 Å². The Bertz CT molecular complexity index is 128. The Morgan fingerprint density at radius 2 is 1.64 bits per heavy atom. The van der Waals surface area contributed by atoms with E-state index in [9.17, 15) is 0 Å². The molecule has 86 valence electrons. The third-order valence-corrected chi connectivity index (χ3v) is 5.10. The highest BCUT2D eigenvalue weighted by atomic mass is 79.9. The molecular formula is C12H24Br2. The predicted octanol–water partition coefficient (Wildman–Crippen LogP) is 5.39. The van der Waals surface area contributed by atoms with Crippen LogP contribution in [0.1, 0.15) is 52.9 Å². The molecule has 0 aliphatic rings. The molecule has 0 bridgehead atoms. The zero-order valence-electron chi connectivity index (χ0n) is 9.78. The molecule has 0 nitrogen and oxygen atoms in total. The van der Waals surface area contributed by atoms with E-state index in [1.54, 1.807) is 0 Å². The zero-order valence-corrected chi connectivity index (χ0v) is 13.0. The van der Waals surface area contributed by atoms with E-state index < -0.39 is 0 Å². The maximum atomic E-state index is 3.68.